The Balaban J connectivity index is 1.58. The van der Waals surface area contributed by atoms with Gasteiger partial charge < -0.3 is 16.0 Å². The lowest BCUT2D eigenvalue weighted by Gasteiger charge is -2.37. The number of piperidine rings is 1. The van der Waals surface area contributed by atoms with Crippen LogP contribution >= 0.6 is 0 Å². The highest BCUT2D eigenvalue weighted by Crippen LogP contribution is 2.31. The number of benzene rings is 3. The number of amides is 2. The van der Waals surface area contributed by atoms with E-state index in [1.807, 2.05) is 32.0 Å². The third-order valence-corrected chi connectivity index (χ3v) is 8.27. The maximum atomic E-state index is 13.5. The van der Waals surface area contributed by atoms with E-state index < -0.39 is 16.1 Å². The van der Waals surface area contributed by atoms with Crippen LogP contribution < -0.4 is 15.8 Å². The van der Waals surface area contributed by atoms with E-state index in [1.54, 1.807) is 48.2 Å². The molecule has 1 aliphatic heterocycles. The standard InChI is InChI=1S/C27H32N4O4S/c1-17-8-4-5-9-20(17)26(32)29-24-12-13-25(22-11-7-6-10-21(22)24)36(34,35)30-23-14-15-31(16-18(23)2)27(33)19(3)28/h4-13,18-19,23,30H,14-16,28H2,1-3H3,(H,29,32)/t18-,19+,23+/m1/s1. The molecule has 1 heterocycles. The normalized spacial score (nSPS) is 19.2. The molecule has 0 unspecified atom stereocenters. The number of fused-ring (bicyclic) bond motifs is 1. The summed E-state index contributed by atoms with van der Waals surface area (Å²) in [6.07, 6.45) is 0.501. The van der Waals surface area contributed by atoms with Crippen molar-refractivity contribution in [3.05, 3.63) is 71.8 Å². The van der Waals surface area contributed by atoms with Gasteiger partial charge in [-0.3, -0.25) is 9.59 Å². The summed E-state index contributed by atoms with van der Waals surface area (Å²) < 4.78 is 29.8. The van der Waals surface area contributed by atoms with E-state index >= 15 is 0 Å². The molecule has 36 heavy (non-hydrogen) atoms. The van der Waals surface area contributed by atoms with Crippen molar-refractivity contribution < 1.29 is 18.0 Å². The van der Waals surface area contributed by atoms with Crippen LogP contribution in [-0.2, 0) is 14.8 Å². The molecule has 3 atom stereocenters. The Hall–Kier alpha value is -3.27. The van der Waals surface area contributed by atoms with E-state index in [1.165, 1.54) is 6.07 Å². The molecule has 9 heteroatoms. The number of aryl methyl sites for hydroxylation is 1. The molecule has 4 rings (SSSR count). The molecular weight excluding hydrogens is 476 g/mol. The molecule has 2 amide bonds. The molecule has 0 spiro atoms. The van der Waals surface area contributed by atoms with E-state index in [2.05, 4.69) is 10.0 Å². The number of rotatable bonds is 6. The van der Waals surface area contributed by atoms with Gasteiger partial charge in [-0.05, 0) is 49.9 Å². The predicted molar refractivity (Wildman–Crippen MR) is 141 cm³/mol. The molecule has 0 aliphatic carbocycles. The minimum atomic E-state index is -3.87. The average Bonchev–Trinajstić information content (AvgIpc) is 2.85. The molecule has 0 aromatic heterocycles. The van der Waals surface area contributed by atoms with Gasteiger partial charge in [0, 0.05) is 41.2 Å². The quantitative estimate of drug-likeness (QED) is 0.472. The van der Waals surface area contributed by atoms with Crippen molar-refractivity contribution in [2.75, 3.05) is 18.4 Å². The summed E-state index contributed by atoms with van der Waals surface area (Å²) in [7, 11) is -3.87. The van der Waals surface area contributed by atoms with Gasteiger partial charge in [-0.15, -0.1) is 0 Å². The second-order valence-electron chi connectivity index (χ2n) is 9.49. The number of carbonyl (C=O) groups is 2. The zero-order chi connectivity index (χ0) is 26.0. The van der Waals surface area contributed by atoms with E-state index in [-0.39, 0.29) is 28.7 Å². The van der Waals surface area contributed by atoms with Gasteiger partial charge in [0.1, 0.15) is 0 Å². The summed E-state index contributed by atoms with van der Waals surface area (Å²) in [5, 5.41) is 4.08. The molecule has 3 aromatic rings. The topological polar surface area (TPSA) is 122 Å². The number of nitrogens with zero attached hydrogens (tertiary/aromatic N) is 1. The molecule has 1 fully saturated rings. The summed E-state index contributed by atoms with van der Waals surface area (Å²) >= 11 is 0. The van der Waals surface area contributed by atoms with Crippen molar-refractivity contribution in [1.29, 1.82) is 0 Å². The van der Waals surface area contributed by atoms with Gasteiger partial charge in [0.05, 0.1) is 10.9 Å². The van der Waals surface area contributed by atoms with Crippen molar-refractivity contribution in [2.45, 2.75) is 44.2 Å². The number of hydrogen-bond donors (Lipinski definition) is 3. The van der Waals surface area contributed by atoms with Gasteiger partial charge in [-0.2, -0.15) is 0 Å². The van der Waals surface area contributed by atoms with Crippen LogP contribution in [0.4, 0.5) is 5.69 Å². The van der Waals surface area contributed by atoms with Crippen molar-refractivity contribution in [1.82, 2.24) is 9.62 Å². The number of nitrogens with two attached hydrogens (primary N) is 1. The Morgan fingerprint density at radius 1 is 1.03 bits per heavy atom. The van der Waals surface area contributed by atoms with Gasteiger partial charge >= 0.3 is 0 Å². The van der Waals surface area contributed by atoms with Crippen LogP contribution in [-0.4, -0.2) is 50.3 Å². The molecule has 1 saturated heterocycles. The SMILES string of the molecule is Cc1ccccc1C(=O)Nc1ccc(S(=O)(=O)N[C@H]2CCN(C(=O)[C@H](C)N)C[C@H]2C)c2ccccc12. The number of hydrogen-bond acceptors (Lipinski definition) is 5. The number of likely N-dealkylation sites (tertiary alicyclic amines) is 1. The first-order chi connectivity index (χ1) is 17.1. The molecule has 4 N–H and O–H groups in total. The van der Waals surface area contributed by atoms with Gasteiger partial charge in [0.25, 0.3) is 5.91 Å². The molecule has 0 radical (unpaired) electrons. The Morgan fingerprint density at radius 3 is 2.36 bits per heavy atom. The summed E-state index contributed by atoms with van der Waals surface area (Å²) in [4.78, 5) is 27.0. The molecule has 1 aliphatic rings. The first-order valence-electron chi connectivity index (χ1n) is 12.0. The Labute approximate surface area is 211 Å². The summed E-state index contributed by atoms with van der Waals surface area (Å²) in [5.74, 6) is -0.457. The zero-order valence-electron chi connectivity index (χ0n) is 20.7. The molecule has 0 bridgehead atoms. The van der Waals surface area contributed by atoms with Gasteiger partial charge in [-0.1, -0.05) is 49.4 Å². The van der Waals surface area contributed by atoms with Crippen molar-refractivity contribution in [3.63, 3.8) is 0 Å². The van der Waals surface area contributed by atoms with E-state index in [9.17, 15) is 18.0 Å². The summed E-state index contributed by atoms with van der Waals surface area (Å²) in [5.41, 5.74) is 7.68. The van der Waals surface area contributed by atoms with Crippen molar-refractivity contribution in [2.24, 2.45) is 11.7 Å². The van der Waals surface area contributed by atoms with E-state index in [4.69, 9.17) is 5.73 Å². The molecule has 190 valence electrons. The zero-order valence-corrected chi connectivity index (χ0v) is 21.5. The maximum Gasteiger partial charge on any atom is 0.255 e. The molecule has 3 aromatic carbocycles. The summed E-state index contributed by atoms with van der Waals surface area (Å²) in [6, 6.07) is 16.7. The molecular formula is C27H32N4O4S. The molecule has 0 saturated carbocycles. The second kappa shape index (κ2) is 10.4. The first-order valence-corrected chi connectivity index (χ1v) is 13.5. The maximum absolute atomic E-state index is 13.5. The highest BCUT2D eigenvalue weighted by molar-refractivity contribution is 7.89. The lowest BCUT2D eigenvalue weighted by atomic mass is 9.94. The Bertz CT molecular complexity index is 1400. The fraction of sp³-hybridized carbons (Fsp3) is 0.333. The fourth-order valence-corrected chi connectivity index (χ4v) is 6.29. The number of sulfonamides is 1. The lowest BCUT2D eigenvalue weighted by molar-refractivity contribution is -0.134. The highest BCUT2D eigenvalue weighted by atomic mass is 32.2. The van der Waals surface area contributed by atoms with Crippen LogP contribution in [0.3, 0.4) is 0 Å². The Kier molecular flexibility index (Phi) is 7.44. The van der Waals surface area contributed by atoms with Crippen LogP contribution in [0.25, 0.3) is 10.8 Å². The average molecular weight is 509 g/mol. The van der Waals surface area contributed by atoms with Crippen LogP contribution in [0.1, 0.15) is 36.2 Å². The molecule has 8 nitrogen and oxygen atoms in total. The van der Waals surface area contributed by atoms with Gasteiger partial charge in [0.15, 0.2) is 0 Å². The Morgan fingerprint density at radius 2 is 1.69 bits per heavy atom. The van der Waals surface area contributed by atoms with Crippen LogP contribution in [0.2, 0.25) is 0 Å². The van der Waals surface area contributed by atoms with Crippen LogP contribution in [0, 0.1) is 12.8 Å². The van der Waals surface area contributed by atoms with Crippen molar-refractivity contribution in [3.8, 4) is 0 Å². The smallest absolute Gasteiger partial charge is 0.255 e. The fourth-order valence-electron chi connectivity index (χ4n) is 4.70. The first kappa shape index (κ1) is 25.8. The monoisotopic (exact) mass is 508 g/mol. The van der Waals surface area contributed by atoms with Gasteiger partial charge in [-0.25, -0.2) is 13.1 Å². The van der Waals surface area contributed by atoms with Crippen LogP contribution in [0.5, 0.6) is 0 Å². The number of carbonyl (C=O) groups excluding carboxylic acids is 2. The van der Waals surface area contributed by atoms with Crippen LogP contribution in [0.15, 0.2) is 65.6 Å². The van der Waals surface area contributed by atoms with Gasteiger partial charge in [0.2, 0.25) is 15.9 Å². The number of nitrogens with one attached hydrogen (secondary N) is 2. The van der Waals surface area contributed by atoms with E-state index in [0.717, 1.165) is 5.56 Å². The summed E-state index contributed by atoms with van der Waals surface area (Å²) in [6.45, 7) is 6.34. The number of anilines is 1. The third kappa shape index (κ3) is 5.28. The largest absolute Gasteiger partial charge is 0.341 e. The third-order valence-electron chi connectivity index (χ3n) is 6.72. The minimum Gasteiger partial charge on any atom is -0.341 e. The lowest BCUT2D eigenvalue weighted by Crippen LogP contribution is -2.54. The minimum absolute atomic E-state index is 0.0739. The predicted octanol–water partition coefficient (Wildman–Crippen LogP) is 3.26. The second-order valence-corrected chi connectivity index (χ2v) is 11.2. The van der Waals surface area contributed by atoms with Crippen molar-refractivity contribution >= 4 is 38.3 Å². The van der Waals surface area contributed by atoms with E-state index in [0.29, 0.717) is 41.5 Å². The highest BCUT2D eigenvalue weighted by Gasteiger charge is 2.33.